The summed E-state index contributed by atoms with van der Waals surface area (Å²) in [5.41, 5.74) is 3.16. The molecule has 4 nitrogen and oxygen atoms in total. The molecule has 0 aliphatic heterocycles. The highest BCUT2D eigenvalue weighted by Gasteiger charge is 2.14. The minimum absolute atomic E-state index is 0.556. The highest BCUT2D eigenvalue weighted by molar-refractivity contribution is 7.17. The first-order valence-corrected chi connectivity index (χ1v) is 8.07. The van der Waals surface area contributed by atoms with Gasteiger partial charge >= 0.3 is 0 Å². The van der Waals surface area contributed by atoms with Crippen molar-refractivity contribution in [1.82, 2.24) is 15.0 Å². The number of hydrogen-bond donors (Lipinski definition) is 0. The van der Waals surface area contributed by atoms with E-state index in [1.54, 1.807) is 17.5 Å². The molecule has 0 saturated carbocycles. The molecule has 0 saturated heterocycles. The molecule has 0 atom stereocenters. The summed E-state index contributed by atoms with van der Waals surface area (Å²) in [5, 5.41) is 3.03. The predicted octanol–water partition coefficient (Wildman–Crippen LogP) is 4.85. The van der Waals surface area contributed by atoms with Gasteiger partial charge in [-0.2, -0.15) is 0 Å². The Morgan fingerprint density at radius 1 is 0.957 bits per heavy atom. The second kappa shape index (κ2) is 5.78. The van der Waals surface area contributed by atoms with Crippen molar-refractivity contribution in [1.29, 1.82) is 0 Å². The molecule has 5 heteroatoms. The molecule has 4 rings (SSSR count). The molecule has 0 amide bonds. The molecule has 3 aromatic heterocycles. The van der Waals surface area contributed by atoms with Crippen molar-refractivity contribution in [2.45, 2.75) is 6.92 Å². The van der Waals surface area contributed by atoms with Crippen LogP contribution in [0.25, 0.3) is 21.3 Å². The maximum absolute atomic E-state index is 5.96. The maximum atomic E-state index is 5.96. The van der Waals surface area contributed by atoms with Crippen molar-refractivity contribution in [3.05, 3.63) is 66.1 Å². The maximum Gasteiger partial charge on any atom is 0.231 e. The number of thiophene rings is 1. The van der Waals surface area contributed by atoms with Crippen LogP contribution < -0.4 is 4.74 Å². The summed E-state index contributed by atoms with van der Waals surface area (Å²) >= 11 is 1.59. The van der Waals surface area contributed by atoms with Gasteiger partial charge in [0.15, 0.2) is 0 Å². The van der Waals surface area contributed by atoms with E-state index in [4.69, 9.17) is 4.74 Å². The number of hydrogen-bond acceptors (Lipinski definition) is 5. The van der Waals surface area contributed by atoms with Gasteiger partial charge in [0.2, 0.25) is 5.88 Å². The average Bonchev–Trinajstić information content (AvgIpc) is 3.03. The summed E-state index contributed by atoms with van der Waals surface area (Å²) < 4.78 is 5.96. The zero-order chi connectivity index (χ0) is 15.6. The molecule has 23 heavy (non-hydrogen) atoms. The Hall–Kier alpha value is -2.79. The Labute approximate surface area is 137 Å². The molecule has 1 aromatic carbocycles. The zero-order valence-electron chi connectivity index (χ0n) is 12.4. The van der Waals surface area contributed by atoms with Gasteiger partial charge in [0.25, 0.3) is 0 Å². The normalized spacial score (nSPS) is 10.8. The lowest BCUT2D eigenvalue weighted by molar-refractivity contribution is 0.466. The van der Waals surface area contributed by atoms with Crippen molar-refractivity contribution >= 4 is 21.6 Å². The van der Waals surface area contributed by atoms with Crippen LogP contribution in [-0.4, -0.2) is 15.0 Å². The topological polar surface area (TPSA) is 47.9 Å². The van der Waals surface area contributed by atoms with Gasteiger partial charge in [-0.25, -0.2) is 9.97 Å². The van der Waals surface area contributed by atoms with E-state index in [0.717, 1.165) is 27.0 Å². The number of fused-ring (bicyclic) bond motifs is 1. The predicted molar refractivity (Wildman–Crippen MR) is 91.9 cm³/mol. The van der Waals surface area contributed by atoms with Gasteiger partial charge in [0.05, 0.1) is 11.6 Å². The SMILES string of the molecule is Cc1ccc(Oc2ncnc3scc(-c4ccccc4)c23)cn1. The van der Waals surface area contributed by atoms with Gasteiger partial charge in [0.1, 0.15) is 16.9 Å². The van der Waals surface area contributed by atoms with E-state index in [9.17, 15) is 0 Å². The van der Waals surface area contributed by atoms with E-state index in [1.807, 2.05) is 37.3 Å². The van der Waals surface area contributed by atoms with E-state index < -0.39 is 0 Å². The standard InChI is InChI=1S/C18H13N3OS/c1-12-7-8-14(9-19-12)22-17-16-15(13-5-3-2-4-6-13)10-23-18(16)21-11-20-17/h2-11H,1H3. The Balaban J connectivity index is 1.83. The molecule has 0 radical (unpaired) electrons. The Morgan fingerprint density at radius 2 is 1.83 bits per heavy atom. The number of pyridine rings is 1. The first kappa shape index (κ1) is 13.8. The van der Waals surface area contributed by atoms with Crippen molar-refractivity contribution in [3.8, 4) is 22.8 Å². The molecule has 112 valence electrons. The van der Waals surface area contributed by atoms with E-state index in [2.05, 4.69) is 32.5 Å². The van der Waals surface area contributed by atoms with Crippen LogP contribution >= 0.6 is 11.3 Å². The monoisotopic (exact) mass is 319 g/mol. The molecule has 3 heterocycles. The minimum Gasteiger partial charge on any atom is -0.437 e. The van der Waals surface area contributed by atoms with Crippen LogP contribution in [0.1, 0.15) is 5.69 Å². The van der Waals surface area contributed by atoms with Gasteiger partial charge in [-0.1, -0.05) is 30.3 Å². The van der Waals surface area contributed by atoms with E-state index in [1.165, 1.54) is 6.33 Å². The third-order valence-electron chi connectivity index (χ3n) is 3.52. The van der Waals surface area contributed by atoms with Crippen LogP contribution in [0.15, 0.2) is 60.4 Å². The fourth-order valence-electron chi connectivity index (χ4n) is 2.38. The number of rotatable bonds is 3. The summed E-state index contributed by atoms with van der Waals surface area (Å²) in [6, 6.07) is 14.0. The van der Waals surface area contributed by atoms with Gasteiger partial charge in [-0.15, -0.1) is 11.3 Å². The number of benzene rings is 1. The fraction of sp³-hybridized carbons (Fsp3) is 0.0556. The second-order valence-electron chi connectivity index (χ2n) is 5.11. The number of nitrogens with zero attached hydrogens (tertiary/aromatic N) is 3. The smallest absolute Gasteiger partial charge is 0.231 e. The third-order valence-corrected chi connectivity index (χ3v) is 4.41. The molecular formula is C18H13N3OS. The zero-order valence-corrected chi connectivity index (χ0v) is 13.2. The van der Waals surface area contributed by atoms with Crippen LogP contribution in [0.2, 0.25) is 0 Å². The highest BCUT2D eigenvalue weighted by Crippen LogP contribution is 2.38. The molecule has 0 aliphatic carbocycles. The lowest BCUT2D eigenvalue weighted by atomic mass is 10.1. The van der Waals surface area contributed by atoms with E-state index >= 15 is 0 Å². The van der Waals surface area contributed by atoms with E-state index in [-0.39, 0.29) is 0 Å². The molecule has 0 spiro atoms. The third kappa shape index (κ3) is 2.66. The first-order chi connectivity index (χ1) is 11.3. The molecule has 0 bridgehead atoms. The molecule has 0 unspecified atom stereocenters. The molecule has 0 N–H and O–H groups in total. The molecule has 4 aromatic rings. The van der Waals surface area contributed by atoms with Crippen molar-refractivity contribution in [2.24, 2.45) is 0 Å². The Morgan fingerprint density at radius 3 is 2.61 bits per heavy atom. The van der Waals surface area contributed by atoms with E-state index in [0.29, 0.717) is 11.6 Å². The van der Waals surface area contributed by atoms with Crippen LogP contribution in [0.5, 0.6) is 11.6 Å². The lowest BCUT2D eigenvalue weighted by Gasteiger charge is -2.07. The minimum atomic E-state index is 0.556. The van der Waals surface area contributed by atoms with Gasteiger partial charge in [-0.05, 0) is 24.6 Å². The number of ether oxygens (including phenoxy) is 1. The van der Waals surface area contributed by atoms with Gasteiger partial charge in [-0.3, -0.25) is 4.98 Å². The summed E-state index contributed by atoms with van der Waals surface area (Å²) in [7, 11) is 0. The summed E-state index contributed by atoms with van der Waals surface area (Å²) in [6.45, 7) is 1.94. The largest absolute Gasteiger partial charge is 0.437 e. The molecule has 0 fully saturated rings. The summed E-state index contributed by atoms with van der Waals surface area (Å²) in [4.78, 5) is 13.9. The van der Waals surface area contributed by atoms with Crippen LogP contribution in [0, 0.1) is 6.92 Å². The van der Waals surface area contributed by atoms with Crippen molar-refractivity contribution in [3.63, 3.8) is 0 Å². The Kier molecular flexibility index (Phi) is 3.48. The fourth-order valence-corrected chi connectivity index (χ4v) is 3.29. The summed E-state index contributed by atoms with van der Waals surface area (Å²) in [5.74, 6) is 1.22. The second-order valence-corrected chi connectivity index (χ2v) is 5.97. The summed E-state index contributed by atoms with van der Waals surface area (Å²) in [6.07, 6.45) is 3.24. The van der Waals surface area contributed by atoms with Crippen LogP contribution in [0.3, 0.4) is 0 Å². The quantitative estimate of drug-likeness (QED) is 0.541. The van der Waals surface area contributed by atoms with Gasteiger partial charge in [0, 0.05) is 16.6 Å². The van der Waals surface area contributed by atoms with Crippen LogP contribution in [-0.2, 0) is 0 Å². The first-order valence-electron chi connectivity index (χ1n) is 7.19. The Bertz CT molecular complexity index is 949. The van der Waals surface area contributed by atoms with Gasteiger partial charge < -0.3 is 4.74 Å². The van der Waals surface area contributed by atoms with Crippen molar-refractivity contribution in [2.75, 3.05) is 0 Å². The lowest BCUT2D eigenvalue weighted by Crippen LogP contribution is -1.91. The number of aromatic nitrogens is 3. The van der Waals surface area contributed by atoms with Crippen molar-refractivity contribution < 1.29 is 4.74 Å². The van der Waals surface area contributed by atoms with Crippen LogP contribution in [0.4, 0.5) is 0 Å². The average molecular weight is 319 g/mol. The molecular weight excluding hydrogens is 306 g/mol. The highest BCUT2D eigenvalue weighted by atomic mass is 32.1. The molecule has 0 aliphatic rings. The number of aryl methyl sites for hydroxylation is 1.